The maximum absolute atomic E-state index is 13.5. The number of hydrogen-bond acceptors (Lipinski definition) is 5. The number of rotatable bonds is 4. The molecular weight excluding hydrogens is 400 g/mol. The molecular formula is C23H28N2O4S. The topological polar surface area (TPSA) is 78.9 Å². The number of piperidine rings is 1. The van der Waals surface area contributed by atoms with Gasteiger partial charge in [-0.15, -0.1) is 11.3 Å². The van der Waals surface area contributed by atoms with E-state index in [1.54, 1.807) is 30.4 Å². The predicted octanol–water partition coefficient (Wildman–Crippen LogP) is 3.00. The zero-order chi connectivity index (χ0) is 21.1. The maximum Gasteiger partial charge on any atom is 0.251 e. The molecule has 3 atom stereocenters. The second kappa shape index (κ2) is 8.88. The van der Waals surface area contributed by atoms with E-state index in [1.807, 2.05) is 40.6 Å². The number of likely N-dealkylation sites (tertiary alicyclic amines) is 1. The van der Waals surface area contributed by atoms with Crippen LogP contribution < -0.4 is 5.32 Å². The van der Waals surface area contributed by atoms with Crippen LogP contribution in [-0.4, -0.2) is 53.2 Å². The maximum atomic E-state index is 13.5. The van der Waals surface area contributed by atoms with Gasteiger partial charge in [0.15, 0.2) is 0 Å². The van der Waals surface area contributed by atoms with E-state index < -0.39 is 17.7 Å². The van der Waals surface area contributed by atoms with Crippen molar-refractivity contribution in [3.05, 3.63) is 58.3 Å². The predicted molar refractivity (Wildman–Crippen MR) is 115 cm³/mol. The van der Waals surface area contributed by atoms with Gasteiger partial charge in [-0.25, -0.2) is 0 Å². The van der Waals surface area contributed by atoms with Gasteiger partial charge in [-0.1, -0.05) is 24.3 Å². The highest BCUT2D eigenvalue weighted by atomic mass is 32.1. The number of amides is 2. The van der Waals surface area contributed by atoms with Crippen molar-refractivity contribution in [1.82, 2.24) is 10.2 Å². The third kappa shape index (κ3) is 4.29. The Kier molecular flexibility index (Phi) is 6.22. The lowest BCUT2D eigenvalue weighted by Gasteiger charge is -2.49. The molecule has 4 rings (SSSR count). The highest BCUT2D eigenvalue weighted by molar-refractivity contribution is 7.10. The van der Waals surface area contributed by atoms with Gasteiger partial charge in [0.1, 0.15) is 0 Å². The number of nitrogens with one attached hydrogen (secondary N) is 1. The highest BCUT2D eigenvalue weighted by Crippen LogP contribution is 2.40. The number of thiophene rings is 1. The Morgan fingerprint density at radius 1 is 1.17 bits per heavy atom. The fraction of sp³-hybridized carbons (Fsp3) is 0.478. The molecule has 1 aromatic carbocycles. The van der Waals surface area contributed by atoms with E-state index in [-0.39, 0.29) is 17.7 Å². The molecule has 7 heteroatoms. The molecule has 3 heterocycles. The smallest absolute Gasteiger partial charge is 0.251 e. The van der Waals surface area contributed by atoms with Gasteiger partial charge < -0.3 is 20.1 Å². The Morgan fingerprint density at radius 3 is 2.57 bits per heavy atom. The minimum Gasteiger partial charge on any atom is -0.388 e. The number of carbonyl (C=O) groups excluding carboxylic acids is 2. The van der Waals surface area contributed by atoms with Gasteiger partial charge in [0.05, 0.1) is 17.7 Å². The number of carbonyl (C=O) groups is 2. The number of benzene rings is 1. The van der Waals surface area contributed by atoms with Gasteiger partial charge >= 0.3 is 0 Å². The largest absolute Gasteiger partial charge is 0.388 e. The van der Waals surface area contributed by atoms with Crippen LogP contribution in [0, 0.1) is 5.92 Å². The Balaban J connectivity index is 1.65. The first-order chi connectivity index (χ1) is 14.5. The average molecular weight is 429 g/mol. The van der Waals surface area contributed by atoms with Gasteiger partial charge in [0, 0.05) is 36.1 Å². The first-order valence-electron chi connectivity index (χ1n) is 10.5. The minimum absolute atomic E-state index is 0.0743. The summed E-state index contributed by atoms with van der Waals surface area (Å²) in [6, 6.07) is 11.9. The normalized spacial score (nSPS) is 27.6. The molecule has 2 aliphatic rings. The van der Waals surface area contributed by atoms with Crippen LogP contribution in [0.15, 0.2) is 47.8 Å². The van der Waals surface area contributed by atoms with Crippen molar-refractivity contribution in [1.29, 1.82) is 0 Å². The van der Waals surface area contributed by atoms with Crippen molar-refractivity contribution in [3.8, 4) is 0 Å². The highest BCUT2D eigenvalue weighted by Gasteiger charge is 2.49. The van der Waals surface area contributed by atoms with Crippen LogP contribution in [0.1, 0.15) is 47.5 Å². The van der Waals surface area contributed by atoms with E-state index in [1.165, 1.54) is 0 Å². The summed E-state index contributed by atoms with van der Waals surface area (Å²) in [5.74, 6) is -0.233. The minimum atomic E-state index is -1.13. The second-order valence-corrected chi connectivity index (χ2v) is 9.28. The van der Waals surface area contributed by atoms with Crippen molar-refractivity contribution < 1.29 is 19.4 Å². The Morgan fingerprint density at radius 2 is 1.90 bits per heavy atom. The Hall–Kier alpha value is -2.22. The number of aliphatic hydroxyl groups is 1. The summed E-state index contributed by atoms with van der Waals surface area (Å²) in [5, 5.41) is 16.3. The van der Waals surface area contributed by atoms with E-state index in [0.717, 1.165) is 4.88 Å². The molecule has 2 amide bonds. The molecule has 2 saturated heterocycles. The third-order valence-corrected chi connectivity index (χ3v) is 7.13. The lowest BCUT2D eigenvalue weighted by Crippen LogP contribution is -2.63. The third-order valence-electron chi connectivity index (χ3n) is 6.19. The lowest BCUT2D eigenvalue weighted by molar-refractivity contribution is -0.149. The quantitative estimate of drug-likeness (QED) is 0.785. The van der Waals surface area contributed by atoms with Crippen LogP contribution >= 0.6 is 11.3 Å². The summed E-state index contributed by atoms with van der Waals surface area (Å²) in [6.07, 6.45) is 1.83. The molecule has 6 nitrogen and oxygen atoms in total. The fourth-order valence-electron chi connectivity index (χ4n) is 4.41. The lowest BCUT2D eigenvalue weighted by atomic mass is 9.80. The zero-order valence-corrected chi connectivity index (χ0v) is 17.9. The Labute approximate surface area is 180 Å². The van der Waals surface area contributed by atoms with Crippen LogP contribution in [0.5, 0.6) is 0 Å². The van der Waals surface area contributed by atoms with Crippen LogP contribution in [-0.2, 0) is 9.53 Å². The molecule has 2 N–H and O–H groups in total. The molecule has 0 spiro atoms. The number of nitrogens with zero attached hydrogens (tertiary/aromatic N) is 1. The summed E-state index contributed by atoms with van der Waals surface area (Å²) in [7, 11) is 0. The monoisotopic (exact) mass is 428 g/mol. The average Bonchev–Trinajstić information content (AvgIpc) is 3.30. The van der Waals surface area contributed by atoms with Crippen LogP contribution in [0.2, 0.25) is 0 Å². The van der Waals surface area contributed by atoms with Gasteiger partial charge in [-0.2, -0.15) is 0 Å². The first-order valence-corrected chi connectivity index (χ1v) is 11.4. The molecule has 0 radical (unpaired) electrons. The molecule has 1 aromatic heterocycles. The fourth-order valence-corrected chi connectivity index (χ4v) is 5.29. The summed E-state index contributed by atoms with van der Waals surface area (Å²) in [5.41, 5.74) is -0.600. The van der Waals surface area contributed by atoms with Crippen molar-refractivity contribution in [2.75, 3.05) is 19.8 Å². The summed E-state index contributed by atoms with van der Waals surface area (Å²) in [6.45, 7) is 3.41. The second-order valence-electron chi connectivity index (χ2n) is 8.30. The summed E-state index contributed by atoms with van der Waals surface area (Å²) < 4.78 is 5.43. The molecule has 3 unspecified atom stereocenters. The molecule has 0 bridgehead atoms. The van der Waals surface area contributed by atoms with Crippen molar-refractivity contribution in [3.63, 3.8) is 0 Å². The molecule has 2 fully saturated rings. The summed E-state index contributed by atoms with van der Waals surface area (Å²) in [4.78, 5) is 29.2. The molecule has 160 valence electrons. The van der Waals surface area contributed by atoms with E-state index in [9.17, 15) is 14.7 Å². The van der Waals surface area contributed by atoms with Crippen molar-refractivity contribution in [2.45, 2.75) is 43.9 Å². The van der Waals surface area contributed by atoms with Crippen LogP contribution in [0.4, 0.5) is 0 Å². The Bertz CT molecular complexity index is 863. The standard InChI is InChI=1S/C23H28N2O4S/c1-23(28)11-12-25(22(27)17-9-13-29-14-10-17)19(18-8-5-15-30-18)20(23)24-21(26)16-6-3-2-4-7-16/h2-8,15,17,19-20,28H,9-14H2,1H3,(H,24,26). The molecule has 2 aromatic rings. The van der Waals surface area contributed by atoms with Crippen molar-refractivity contribution in [2.24, 2.45) is 5.92 Å². The molecule has 0 aliphatic carbocycles. The van der Waals surface area contributed by atoms with Gasteiger partial charge in [0.25, 0.3) is 5.91 Å². The van der Waals surface area contributed by atoms with Gasteiger partial charge in [-0.05, 0) is 49.8 Å². The first kappa shape index (κ1) is 21.0. The van der Waals surface area contributed by atoms with Gasteiger partial charge in [-0.3, -0.25) is 9.59 Å². The van der Waals surface area contributed by atoms with Crippen LogP contribution in [0.25, 0.3) is 0 Å². The van der Waals surface area contributed by atoms with Crippen molar-refractivity contribution >= 4 is 23.2 Å². The van der Waals surface area contributed by atoms with Crippen LogP contribution in [0.3, 0.4) is 0 Å². The molecule has 30 heavy (non-hydrogen) atoms. The summed E-state index contributed by atoms with van der Waals surface area (Å²) >= 11 is 1.54. The van der Waals surface area contributed by atoms with E-state index in [4.69, 9.17) is 4.74 Å². The van der Waals surface area contributed by atoms with E-state index >= 15 is 0 Å². The zero-order valence-electron chi connectivity index (χ0n) is 17.1. The van der Waals surface area contributed by atoms with Gasteiger partial charge in [0.2, 0.25) is 5.91 Å². The SMILES string of the molecule is CC1(O)CCN(C(=O)C2CCOCC2)C(c2cccs2)C1NC(=O)c1ccccc1. The number of hydrogen-bond donors (Lipinski definition) is 2. The van der Waals surface area contributed by atoms with E-state index in [2.05, 4.69) is 5.32 Å². The van der Waals surface area contributed by atoms with E-state index in [0.29, 0.717) is 44.6 Å². The number of ether oxygens (including phenoxy) is 1. The molecule has 0 saturated carbocycles. The molecule has 2 aliphatic heterocycles.